The van der Waals surface area contributed by atoms with Crippen LogP contribution in [0.1, 0.15) is 58.1 Å². The number of rotatable bonds is 8. The van der Waals surface area contributed by atoms with Gasteiger partial charge in [-0.15, -0.1) is 0 Å². The minimum absolute atomic E-state index is 0.0606. The van der Waals surface area contributed by atoms with E-state index in [0.29, 0.717) is 0 Å². The average molecular weight is 267 g/mol. The van der Waals surface area contributed by atoms with Gasteiger partial charge in [0.2, 0.25) is 0 Å². The van der Waals surface area contributed by atoms with Crippen molar-refractivity contribution in [2.24, 2.45) is 0 Å². The predicted molar refractivity (Wildman–Crippen MR) is 77.9 cm³/mol. The number of aromatic hydroxyl groups is 1. The zero-order valence-corrected chi connectivity index (χ0v) is 12.3. The molecule has 1 N–H and O–H groups in total. The van der Waals surface area contributed by atoms with Crippen molar-refractivity contribution in [3.05, 3.63) is 29.6 Å². The summed E-state index contributed by atoms with van der Waals surface area (Å²) in [5, 5.41) is 9.89. The molecule has 3 heteroatoms. The minimum atomic E-state index is -0.387. The van der Waals surface area contributed by atoms with E-state index in [9.17, 15) is 9.50 Å². The third kappa shape index (κ3) is 4.83. The van der Waals surface area contributed by atoms with Crippen molar-refractivity contribution in [2.45, 2.75) is 52.5 Å². The molecule has 1 unspecified atom stereocenters. The van der Waals surface area contributed by atoms with Crippen molar-refractivity contribution in [3.8, 4) is 5.75 Å². The largest absolute Gasteiger partial charge is 0.508 e. The van der Waals surface area contributed by atoms with Crippen LogP contribution in [0.15, 0.2) is 18.2 Å². The lowest BCUT2D eigenvalue weighted by molar-refractivity contribution is 0.201. The number of unbranched alkanes of at least 4 members (excludes halogenated alkanes) is 2. The summed E-state index contributed by atoms with van der Waals surface area (Å²) in [7, 11) is 0. The van der Waals surface area contributed by atoms with E-state index in [2.05, 4.69) is 25.7 Å². The van der Waals surface area contributed by atoms with Gasteiger partial charge in [0, 0.05) is 17.7 Å². The smallest absolute Gasteiger partial charge is 0.126 e. The molecule has 0 aliphatic rings. The third-order valence-corrected chi connectivity index (χ3v) is 3.59. The summed E-state index contributed by atoms with van der Waals surface area (Å²) >= 11 is 0. The molecule has 1 aromatic carbocycles. The van der Waals surface area contributed by atoms with Gasteiger partial charge in [-0.2, -0.15) is 0 Å². The Hall–Kier alpha value is -1.09. The molecule has 19 heavy (non-hydrogen) atoms. The summed E-state index contributed by atoms with van der Waals surface area (Å²) in [6.45, 7) is 8.48. The Morgan fingerprint density at radius 3 is 2.21 bits per heavy atom. The monoisotopic (exact) mass is 267 g/mol. The number of nitrogens with zero attached hydrogens (tertiary/aromatic N) is 1. The number of hydrogen-bond donors (Lipinski definition) is 1. The van der Waals surface area contributed by atoms with Crippen LogP contribution in [0.2, 0.25) is 0 Å². The van der Waals surface area contributed by atoms with Crippen LogP contribution in [0.5, 0.6) is 5.75 Å². The van der Waals surface area contributed by atoms with Crippen LogP contribution in [0, 0.1) is 5.82 Å². The van der Waals surface area contributed by atoms with Crippen LogP contribution in [0.25, 0.3) is 0 Å². The Labute approximate surface area is 116 Å². The minimum Gasteiger partial charge on any atom is -0.508 e. The zero-order chi connectivity index (χ0) is 14.3. The Morgan fingerprint density at radius 2 is 1.74 bits per heavy atom. The summed E-state index contributed by atoms with van der Waals surface area (Å²) in [5.74, 6) is -0.326. The van der Waals surface area contributed by atoms with Crippen molar-refractivity contribution in [3.63, 3.8) is 0 Å². The number of hydrogen-bond acceptors (Lipinski definition) is 2. The van der Waals surface area contributed by atoms with Crippen molar-refractivity contribution in [2.75, 3.05) is 13.1 Å². The van der Waals surface area contributed by atoms with Gasteiger partial charge in [0.05, 0.1) is 0 Å². The lowest BCUT2D eigenvalue weighted by Gasteiger charge is -2.29. The summed E-state index contributed by atoms with van der Waals surface area (Å²) in [5.41, 5.74) is 0.814. The number of phenolic OH excluding ortho intramolecular Hbond substituents is 1. The molecule has 0 bridgehead atoms. The molecule has 0 aromatic heterocycles. The highest BCUT2D eigenvalue weighted by Crippen LogP contribution is 2.29. The molecule has 0 aliphatic carbocycles. The molecule has 0 spiro atoms. The highest BCUT2D eigenvalue weighted by molar-refractivity contribution is 5.34. The highest BCUT2D eigenvalue weighted by atomic mass is 19.1. The van der Waals surface area contributed by atoms with Crippen molar-refractivity contribution in [1.29, 1.82) is 0 Å². The molecule has 108 valence electrons. The van der Waals surface area contributed by atoms with E-state index in [1.165, 1.54) is 12.1 Å². The van der Waals surface area contributed by atoms with E-state index in [-0.39, 0.29) is 17.6 Å². The Morgan fingerprint density at radius 1 is 1.16 bits per heavy atom. The van der Waals surface area contributed by atoms with Gasteiger partial charge in [0.15, 0.2) is 0 Å². The molecule has 0 heterocycles. The van der Waals surface area contributed by atoms with Crippen molar-refractivity contribution in [1.82, 2.24) is 4.90 Å². The lowest BCUT2D eigenvalue weighted by Crippen LogP contribution is -2.29. The van der Waals surface area contributed by atoms with Gasteiger partial charge in [-0.1, -0.05) is 32.8 Å². The first kappa shape index (κ1) is 16.0. The molecule has 0 saturated carbocycles. The van der Waals surface area contributed by atoms with Crippen LogP contribution in [0.3, 0.4) is 0 Å². The molecule has 0 radical (unpaired) electrons. The fraction of sp³-hybridized carbons (Fsp3) is 0.625. The van der Waals surface area contributed by atoms with Crippen LogP contribution in [0.4, 0.5) is 4.39 Å². The summed E-state index contributed by atoms with van der Waals surface area (Å²) in [6.07, 6.45) is 4.61. The van der Waals surface area contributed by atoms with Gasteiger partial charge in [-0.05, 0) is 38.9 Å². The van der Waals surface area contributed by atoms with E-state index < -0.39 is 0 Å². The SMILES string of the molecule is CCCCN(CCCC)C(C)c1ccc(F)cc1O. The summed E-state index contributed by atoms with van der Waals surface area (Å²) < 4.78 is 13.0. The van der Waals surface area contributed by atoms with E-state index in [1.54, 1.807) is 6.07 Å². The van der Waals surface area contributed by atoms with E-state index in [0.717, 1.165) is 44.3 Å². The average Bonchev–Trinajstić information content (AvgIpc) is 2.38. The maximum absolute atomic E-state index is 13.0. The van der Waals surface area contributed by atoms with E-state index in [4.69, 9.17) is 0 Å². The molecule has 0 amide bonds. The second-order valence-corrected chi connectivity index (χ2v) is 5.12. The van der Waals surface area contributed by atoms with Crippen LogP contribution < -0.4 is 0 Å². The van der Waals surface area contributed by atoms with E-state index >= 15 is 0 Å². The molecule has 0 fully saturated rings. The third-order valence-electron chi connectivity index (χ3n) is 3.59. The second-order valence-electron chi connectivity index (χ2n) is 5.12. The van der Waals surface area contributed by atoms with Gasteiger partial charge in [0.1, 0.15) is 11.6 Å². The Kier molecular flexibility index (Phi) is 6.85. The Bertz CT molecular complexity index is 373. The standard InChI is InChI=1S/C16H26FNO/c1-4-6-10-18(11-7-5-2)13(3)15-9-8-14(17)12-16(15)19/h8-9,12-13,19H,4-7,10-11H2,1-3H3. The molecular formula is C16H26FNO. The molecule has 1 rings (SSSR count). The topological polar surface area (TPSA) is 23.5 Å². The van der Waals surface area contributed by atoms with Crippen LogP contribution in [-0.2, 0) is 0 Å². The first-order valence-corrected chi connectivity index (χ1v) is 7.32. The zero-order valence-electron chi connectivity index (χ0n) is 12.3. The number of phenols is 1. The van der Waals surface area contributed by atoms with Gasteiger partial charge < -0.3 is 5.11 Å². The van der Waals surface area contributed by atoms with Gasteiger partial charge in [-0.25, -0.2) is 4.39 Å². The molecule has 0 saturated heterocycles. The van der Waals surface area contributed by atoms with Crippen molar-refractivity contribution < 1.29 is 9.50 Å². The first-order valence-electron chi connectivity index (χ1n) is 7.32. The first-order chi connectivity index (χ1) is 9.10. The number of halogens is 1. The quantitative estimate of drug-likeness (QED) is 0.750. The molecular weight excluding hydrogens is 241 g/mol. The van der Waals surface area contributed by atoms with Crippen LogP contribution >= 0.6 is 0 Å². The highest BCUT2D eigenvalue weighted by Gasteiger charge is 2.18. The maximum atomic E-state index is 13.0. The maximum Gasteiger partial charge on any atom is 0.126 e. The summed E-state index contributed by atoms with van der Waals surface area (Å²) in [6, 6.07) is 4.44. The summed E-state index contributed by atoms with van der Waals surface area (Å²) in [4.78, 5) is 2.37. The lowest BCUT2D eigenvalue weighted by atomic mass is 10.0. The molecule has 2 nitrogen and oxygen atoms in total. The van der Waals surface area contributed by atoms with Crippen LogP contribution in [-0.4, -0.2) is 23.1 Å². The van der Waals surface area contributed by atoms with Gasteiger partial charge in [0.25, 0.3) is 0 Å². The normalized spacial score (nSPS) is 12.9. The Balaban J connectivity index is 2.80. The number of benzene rings is 1. The predicted octanol–water partition coefficient (Wildman–Crippen LogP) is 4.49. The fourth-order valence-electron chi connectivity index (χ4n) is 2.29. The van der Waals surface area contributed by atoms with Crippen molar-refractivity contribution >= 4 is 0 Å². The second kappa shape index (κ2) is 8.16. The molecule has 1 aromatic rings. The van der Waals surface area contributed by atoms with Gasteiger partial charge in [-0.3, -0.25) is 4.90 Å². The van der Waals surface area contributed by atoms with Gasteiger partial charge >= 0.3 is 0 Å². The molecule has 1 atom stereocenters. The molecule has 0 aliphatic heterocycles. The van der Waals surface area contributed by atoms with E-state index in [1.807, 2.05) is 0 Å². The fourth-order valence-corrected chi connectivity index (χ4v) is 2.29.